The zero-order valence-electron chi connectivity index (χ0n) is 18.1. The van der Waals surface area contributed by atoms with E-state index in [1.807, 2.05) is 41.1 Å². The Balaban J connectivity index is 1.72. The van der Waals surface area contributed by atoms with Gasteiger partial charge in [-0.2, -0.15) is 10.4 Å². The second-order valence-electron chi connectivity index (χ2n) is 7.30. The molecule has 0 radical (unpaired) electrons. The minimum absolute atomic E-state index is 0.481. The minimum Gasteiger partial charge on any atom is -0.324 e. The quantitative estimate of drug-likeness (QED) is 0.262. The molecule has 0 aliphatic heterocycles. The molecular weight excluding hydrogens is 416 g/mol. The van der Waals surface area contributed by atoms with E-state index >= 15 is 0 Å². The fourth-order valence-electron chi connectivity index (χ4n) is 3.36. The van der Waals surface area contributed by atoms with Crippen LogP contribution >= 0.6 is 11.8 Å². The third-order valence-corrected chi connectivity index (χ3v) is 6.03. The average Bonchev–Trinajstić information content (AvgIpc) is 3.16. The predicted octanol–water partition coefficient (Wildman–Crippen LogP) is 6.15. The van der Waals surface area contributed by atoms with Crippen molar-refractivity contribution >= 4 is 23.4 Å². The normalized spacial score (nSPS) is 10.7. The molecule has 0 bridgehead atoms. The first-order chi connectivity index (χ1) is 15.7. The Bertz CT molecular complexity index is 1240. The fourth-order valence-corrected chi connectivity index (χ4v) is 4.52. The standard InChI is InChI=1S/C25H24N6S/c1-3-4-15-32-24-23(18(2)31(30-24)21-11-6-5-7-12-21)22-13-14-27-25(29-22)28-20-10-8-9-19(16-20)17-26/h5-14,16H,3-4,15H2,1-2H3,(H,27,28,29). The highest BCUT2D eigenvalue weighted by Crippen LogP contribution is 2.35. The number of nitriles is 1. The molecule has 6 nitrogen and oxygen atoms in total. The lowest BCUT2D eigenvalue weighted by atomic mass is 10.2. The van der Waals surface area contributed by atoms with Crippen molar-refractivity contribution in [3.05, 3.63) is 78.1 Å². The molecule has 0 atom stereocenters. The lowest BCUT2D eigenvalue weighted by Crippen LogP contribution is -2.00. The second kappa shape index (κ2) is 10.1. The van der Waals surface area contributed by atoms with Gasteiger partial charge in [-0.05, 0) is 55.5 Å². The van der Waals surface area contributed by atoms with Gasteiger partial charge in [0.25, 0.3) is 0 Å². The summed E-state index contributed by atoms with van der Waals surface area (Å²) < 4.78 is 1.98. The number of nitrogens with zero attached hydrogens (tertiary/aromatic N) is 5. The molecule has 2 heterocycles. The van der Waals surface area contributed by atoms with Crippen molar-refractivity contribution in [2.75, 3.05) is 11.1 Å². The van der Waals surface area contributed by atoms with Crippen LogP contribution in [0.2, 0.25) is 0 Å². The molecule has 160 valence electrons. The molecule has 0 unspecified atom stereocenters. The van der Waals surface area contributed by atoms with Crippen molar-refractivity contribution in [1.29, 1.82) is 5.26 Å². The molecule has 0 aliphatic carbocycles. The van der Waals surface area contributed by atoms with Crippen LogP contribution < -0.4 is 5.32 Å². The summed E-state index contributed by atoms with van der Waals surface area (Å²) in [5.41, 5.74) is 5.25. The van der Waals surface area contributed by atoms with E-state index in [0.717, 1.165) is 51.9 Å². The average molecular weight is 441 g/mol. The van der Waals surface area contributed by atoms with E-state index in [4.69, 9.17) is 15.3 Å². The Morgan fingerprint density at radius 3 is 2.72 bits per heavy atom. The number of para-hydroxylation sites is 1. The molecule has 2 aromatic carbocycles. The van der Waals surface area contributed by atoms with Crippen LogP contribution in [-0.2, 0) is 0 Å². The maximum absolute atomic E-state index is 9.15. The van der Waals surface area contributed by atoms with Crippen LogP contribution in [0, 0.1) is 18.3 Å². The van der Waals surface area contributed by atoms with Gasteiger partial charge in [-0.1, -0.05) is 37.6 Å². The number of thioether (sulfide) groups is 1. The van der Waals surface area contributed by atoms with E-state index in [1.165, 1.54) is 0 Å². The van der Waals surface area contributed by atoms with E-state index in [2.05, 4.69) is 42.4 Å². The summed E-state index contributed by atoms with van der Waals surface area (Å²) in [4.78, 5) is 9.15. The van der Waals surface area contributed by atoms with Gasteiger partial charge in [-0.15, -0.1) is 11.8 Å². The van der Waals surface area contributed by atoms with Crippen molar-refractivity contribution in [3.63, 3.8) is 0 Å². The van der Waals surface area contributed by atoms with Crippen LogP contribution in [0.5, 0.6) is 0 Å². The Kier molecular flexibility index (Phi) is 6.83. The van der Waals surface area contributed by atoms with Crippen molar-refractivity contribution in [2.45, 2.75) is 31.7 Å². The van der Waals surface area contributed by atoms with Gasteiger partial charge in [0.2, 0.25) is 5.95 Å². The van der Waals surface area contributed by atoms with Gasteiger partial charge in [-0.25, -0.2) is 14.6 Å². The number of rotatable bonds is 8. The molecular formula is C25H24N6S. The summed E-state index contributed by atoms with van der Waals surface area (Å²) in [6.45, 7) is 4.27. The zero-order chi connectivity index (χ0) is 22.3. The SMILES string of the molecule is CCCCSc1nn(-c2ccccc2)c(C)c1-c1ccnc(Nc2cccc(C#N)c2)n1. The molecule has 0 spiro atoms. The predicted molar refractivity (Wildman–Crippen MR) is 129 cm³/mol. The molecule has 7 heteroatoms. The molecule has 0 saturated carbocycles. The van der Waals surface area contributed by atoms with Crippen LogP contribution in [0.25, 0.3) is 16.9 Å². The molecule has 4 aromatic rings. The van der Waals surface area contributed by atoms with Crippen LogP contribution in [0.3, 0.4) is 0 Å². The summed E-state index contributed by atoms with van der Waals surface area (Å²) in [7, 11) is 0. The van der Waals surface area contributed by atoms with Gasteiger partial charge in [-0.3, -0.25) is 0 Å². The van der Waals surface area contributed by atoms with Gasteiger partial charge in [0.05, 0.1) is 34.3 Å². The monoisotopic (exact) mass is 440 g/mol. The number of benzene rings is 2. The molecule has 0 aliphatic rings. The highest BCUT2D eigenvalue weighted by atomic mass is 32.2. The lowest BCUT2D eigenvalue weighted by Gasteiger charge is -2.08. The molecule has 0 amide bonds. The molecule has 2 aromatic heterocycles. The highest BCUT2D eigenvalue weighted by Gasteiger charge is 2.19. The van der Waals surface area contributed by atoms with Crippen LogP contribution in [0.4, 0.5) is 11.6 Å². The first-order valence-corrected chi connectivity index (χ1v) is 11.6. The molecule has 0 saturated heterocycles. The number of anilines is 2. The Labute approximate surface area is 192 Å². The van der Waals surface area contributed by atoms with E-state index in [9.17, 15) is 0 Å². The second-order valence-corrected chi connectivity index (χ2v) is 8.38. The Morgan fingerprint density at radius 1 is 1.09 bits per heavy atom. The summed E-state index contributed by atoms with van der Waals surface area (Å²) in [6, 6.07) is 21.5. The zero-order valence-corrected chi connectivity index (χ0v) is 18.9. The van der Waals surface area contributed by atoms with Crippen molar-refractivity contribution in [3.8, 4) is 23.0 Å². The maximum atomic E-state index is 9.15. The first-order valence-electron chi connectivity index (χ1n) is 10.6. The number of hydrogen-bond donors (Lipinski definition) is 1. The smallest absolute Gasteiger partial charge is 0.227 e. The third kappa shape index (κ3) is 4.82. The first kappa shape index (κ1) is 21.6. The molecule has 0 fully saturated rings. The van der Waals surface area contributed by atoms with Crippen molar-refractivity contribution < 1.29 is 0 Å². The summed E-state index contributed by atoms with van der Waals surface area (Å²) in [5, 5.41) is 18.3. The fraction of sp³-hybridized carbons (Fsp3) is 0.200. The highest BCUT2D eigenvalue weighted by molar-refractivity contribution is 7.99. The van der Waals surface area contributed by atoms with Gasteiger partial charge < -0.3 is 5.32 Å². The van der Waals surface area contributed by atoms with E-state index < -0.39 is 0 Å². The maximum Gasteiger partial charge on any atom is 0.227 e. The topological polar surface area (TPSA) is 79.4 Å². The van der Waals surface area contributed by atoms with Gasteiger partial charge in [0.1, 0.15) is 5.03 Å². The largest absolute Gasteiger partial charge is 0.324 e. The molecule has 1 N–H and O–H groups in total. The summed E-state index contributed by atoms with van der Waals surface area (Å²) in [6.07, 6.45) is 4.02. The van der Waals surface area contributed by atoms with Gasteiger partial charge in [0, 0.05) is 11.9 Å². The van der Waals surface area contributed by atoms with E-state index in [-0.39, 0.29) is 0 Å². The van der Waals surface area contributed by atoms with Crippen molar-refractivity contribution in [1.82, 2.24) is 19.7 Å². The summed E-state index contributed by atoms with van der Waals surface area (Å²) >= 11 is 1.76. The number of nitrogens with one attached hydrogen (secondary N) is 1. The van der Waals surface area contributed by atoms with Gasteiger partial charge in [0.15, 0.2) is 0 Å². The third-order valence-electron chi connectivity index (χ3n) is 4.98. The van der Waals surface area contributed by atoms with Crippen LogP contribution in [0.15, 0.2) is 71.9 Å². The minimum atomic E-state index is 0.481. The van der Waals surface area contributed by atoms with Crippen LogP contribution in [0.1, 0.15) is 31.0 Å². The van der Waals surface area contributed by atoms with E-state index in [0.29, 0.717) is 11.5 Å². The van der Waals surface area contributed by atoms with Gasteiger partial charge >= 0.3 is 0 Å². The Hall–Kier alpha value is -3.63. The molecule has 32 heavy (non-hydrogen) atoms. The number of hydrogen-bond acceptors (Lipinski definition) is 6. The lowest BCUT2D eigenvalue weighted by molar-refractivity contribution is 0.811. The number of unbranched alkanes of at least 4 members (excludes halogenated alkanes) is 1. The number of aromatic nitrogens is 4. The summed E-state index contributed by atoms with van der Waals surface area (Å²) in [5.74, 6) is 1.49. The van der Waals surface area contributed by atoms with Crippen LogP contribution in [-0.4, -0.2) is 25.5 Å². The van der Waals surface area contributed by atoms with Crippen molar-refractivity contribution in [2.24, 2.45) is 0 Å². The van der Waals surface area contributed by atoms with E-state index in [1.54, 1.807) is 30.1 Å². The Morgan fingerprint density at radius 2 is 1.94 bits per heavy atom. The molecule has 4 rings (SSSR count).